The molecule has 0 bridgehead atoms. The van der Waals surface area contributed by atoms with Gasteiger partial charge in [-0.3, -0.25) is 20.0 Å². The van der Waals surface area contributed by atoms with Crippen molar-refractivity contribution in [1.82, 2.24) is 20.2 Å². The van der Waals surface area contributed by atoms with Crippen molar-refractivity contribution in [2.45, 2.75) is 20.4 Å². The average molecular weight is 394 g/mol. The van der Waals surface area contributed by atoms with Gasteiger partial charge in [-0.25, -0.2) is 4.98 Å². The van der Waals surface area contributed by atoms with Crippen molar-refractivity contribution in [2.24, 2.45) is 10.7 Å². The number of aliphatic imine (C=N–C) groups is 1. The van der Waals surface area contributed by atoms with E-state index in [0.29, 0.717) is 22.8 Å². The highest BCUT2D eigenvalue weighted by molar-refractivity contribution is 6.07. The van der Waals surface area contributed by atoms with Crippen LogP contribution in [-0.2, 0) is 6.54 Å². The van der Waals surface area contributed by atoms with Gasteiger partial charge in [0.25, 0.3) is 5.91 Å². The number of H-pyrrole nitrogens is 1. The van der Waals surface area contributed by atoms with Gasteiger partial charge >= 0.3 is 0 Å². The van der Waals surface area contributed by atoms with E-state index in [9.17, 15) is 4.79 Å². The third-order valence-corrected chi connectivity index (χ3v) is 4.66. The molecule has 152 valence electrons. The maximum absolute atomic E-state index is 12.3. The highest BCUT2D eigenvalue weighted by Gasteiger charge is 2.14. The molecule has 0 unspecified atom stereocenters. The number of benzene rings is 1. The van der Waals surface area contributed by atoms with Crippen LogP contribution >= 0.6 is 0 Å². The minimum atomic E-state index is -0.366. The number of para-hydroxylation sites is 1. The zero-order valence-corrected chi connectivity index (χ0v) is 16.9. The molecule has 1 aromatic carbocycles. The lowest BCUT2D eigenvalue weighted by atomic mass is 10.2. The van der Waals surface area contributed by atoms with Gasteiger partial charge in [-0.05, 0) is 36.9 Å². The summed E-state index contributed by atoms with van der Waals surface area (Å²) in [7, 11) is 1.51. The smallest absolute Gasteiger partial charge is 0.274 e. The van der Waals surface area contributed by atoms with Crippen molar-refractivity contribution in [1.29, 1.82) is 0 Å². The number of pyridine rings is 1. The number of ether oxygens (including phenoxy) is 1. The van der Waals surface area contributed by atoms with Crippen molar-refractivity contribution in [2.75, 3.05) is 20.1 Å². The van der Waals surface area contributed by atoms with E-state index in [-0.39, 0.29) is 11.9 Å². The third kappa shape index (κ3) is 4.91. The van der Waals surface area contributed by atoms with Crippen LogP contribution in [0.1, 0.15) is 29.9 Å². The fraction of sp³-hybridized carbons (Fsp3) is 0.286. The number of guanidine groups is 1. The van der Waals surface area contributed by atoms with Crippen molar-refractivity contribution in [3.8, 4) is 11.6 Å². The molecule has 0 saturated carbocycles. The van der Waals surface area contributed by atoms with E-state index in [1.807, 2.05) is 30.3 Å². The molecule has 29 heavy (non-hydrogen) atoms. The van der Waals surface area contributed by atoms with Gasteiger partial charge < -0.3 is 15.5 Å². The van der Waals surface area contributed by atoms with Gasteiger partial charge in [-0.1, -0.05) is 26.0 Å². The van der Waals surface area contributed by atoms with E-state index in [4.69, 9.17) is 10.5 Å². The SMILES string of the molecule is CCN(CC)Cc1ccnc(Oc2cccc3cc(C(=O)NC(N)=NC)[nH]c23)c1. The standard InChI is InChI=1S/C21H26N6O2/c1-4-27(5-2)13-14-9-10-24-18(11-14)29-17-8-6-7-15-12-16(25-19(15)17)20(28)26-21(22)23-3/h6-12,25H,4-5,13H2,1-3H3,(H3,22,23,26,28). The molecule has 0 radical (unpaired) electrons. The van der Waals surface area contributed by atoms with Crippen LogP contribution in [-0.4, -0.2) is 46.9 Å². The molecule has 0 atom stereocenters. The van der Waals surface area contributed by atoms with Crippen molar-refractivity contribution in [3.63, 3.8) is 0 Å². The van der Waals surface area contributed by atoms with Gasteiger partial charge in [-0.15, -0.1) is 0 Å². The molecule has 0 spiro atoms. The number of nitrogens with zero attached hydrogens (tertiary/aromatic N) is 3. The average Bonchev–Trinajstić information content (AvgIpc) is 3.18. The van der Waals surface area contributed by atoms with E-state index in [1.54, 1.807) is 12.3 Å². The molecule has 0 aliphatic rings. The Balaban J connectivity index is 1.84. The normalized spacial score (nSPS) is 11.8. The quantitative estimate of drug-likeness (QED) is 0.422. The van der Waals surface area contributed by atoms with Crippen LogP contribution in [0.25, 0.3) is 10.9 Å². The van der Waals surface area contributed by atoms with E-state index in [2.05, 4.69) is 39.0 Å². The van der Waals surface area contributed by atoms with Crippen molar-refractivity contribution >= 4 is 22.8 Å². The Morgan fingerprint density at radius 3 is 2.79 bits per heavy atom. The molecule has 2 heterocycles. The van der Waals surface area contributed by atoms with Crippen LogP contribution in [0.4, 0.5) is 0 Å². The van der Waals surface area contributed by atoms with Crippen molar-refractivity contribution < 1.29 is 9.53 Å². The fourth-order valence-electron chi connectivity index (χ4n) is 3.00. The van der Waals surface area contributed by atoms with Crippen LogP contribution in [0.15, 0.2) is 47.6 Å². The molecule has 0 saturated heterocycles. The minimum Gasteiger partial charge on any atom is -0.437 e. The number of hydrogen-bond donors (Lipinski definition) is 3. The third-order valence-electron chi connectivity index (χ3n) is 4.66. The highest BCUT2D eigenvalue weighted by atomic mass is 16.5. The molecular weight excluding hydrogens is 368 g/mol. The number of rotatable bonds is 7. The van der Waals surface area contributed by atoms with Crippen molar-refractivity contribution in [3.05, 3.63) is 53.9 Å². The van der Waals surface area contributed by atoms with Crippen LogP contribution < -0.4 is 15.8 Å². The summed E-state index contributed by atoms with van der Waals surface area (Å²) in [6.45, 7) is 7.08. The number of nitrogens with two attached hydrogens (primary N) is 1. The predicted octanol–water partition coefficient (Wildman–Crippen LogP) is 2.87. The summed E-state index contributed by atoms with van der Waals surface area (Å²) in [4.78, 5) is 25.8. The monoisotopic (exact) mass is 394 g/mol. The summed E-state index contributed by atoms with van der Waals surface area (Å²) in [5.74, 6) is 0.783. The van der Waals surface area contributed by atoms with Crippen LogP contribution in [0, 0.1) is 0 Å². The van der Waals surface area contributed by atoms with Gasteiger partial charge in [0.1, 0.15) is 5.69 Å². The maximum Gasteiger partial charge on any atom is 0.274 e. The number of aromatic nitrogens is 2. The first kappa shape index (κ1) is 20.3. The Labute approximate surface area is 169 Å². The number of aromatic amines is 1. The molecule has 8 nitrogen and oxygen atoms in total. The van der Waals surface area contributed by atoms with Crippen LogP contribution in [0.3, 0.4) is 0 Å². The van der Waals surface area contributed by atoms with Crippen LogP contribution in [0.2, 0.25) is 0 Å². The second kappa shape index (κ2) is 9.20. The molecule has 0 aliphatic carbocycles. The first-order valence-corrected chi connectivity index (χ1v) is 9.54. The topological polar surface area (TPSA) is 109 Å². The Kier molecular flexibility index (Phi) is 6.46. The number of carbonyl (C=O) groups excluding carboxylic acids is 1. The summed E-state index contributed by atoms with van der Waals surface area (Å²) in [6.07, 6.45) is 1.74. The van der Waals surface area contributed by atoms with E-state index >= 15 is 0 Å². The molecule has 8 heteroatoms. The van der Waals surface area contributed by atoms with E-state index in [1.165, 1.54) is 7.05 Å². The Bertz CT molecular complexity index is 1020. The molecule has 3 aromatic rings. The second-order valence-electron chi connectivity index (χ2n) is 6.53. The zero-order valence-electron chi connectivity index (χ0n) is 16.9. The van der Waals surface area contributed by atoms with Gasteiger partial charge in [0.05, 0.1) is 5.52 Å². The predicted molar refractivity (Wildman–Crippen MR) is 114 cm³/mol. The highest BCUT2D eigenvalue weighted by Crippen LogP contribution is 2.29. The summed E-state index contributed by atoms with van der Waals surface area (Å²) in [5.41, 5.74) is 7.78. The van der Waals surface area contributed by atoms with Gasteiger partial charge in [-0.2, -0.15) is 0 Å². The van der Waals surface area contributed by atoms with Gasteiger partial charge in [0.15, 0.2) is 11.7 Å². The lowest BCUT2D eigenvalue weighted by Gasteiger charge is -2.18. The molecular formula is C21H26N6O2. The summed E-state index contributed by atoms with van der Waals surface area (Å²) in [5, 5.41) is 3.36. The maximum atomic E-state index is 12.3. The molecule has 1 amide bonds. The Hall–Kier alpha value is -3.39. The minimum absolute atomic E-state index is 0.0550. The summed E-state index contributed by atoms with van der Waals surface area (Å²) in [6, 6.07) is 11.3. The molecule has 0 aliphatic heterocycles. The largest absolute Gasteiger partial charge is 0.437 e. The number of hydrogen-bond acceptors (Lipinski definition) is 5. The number of carbonyl (C=O) groups is 1. The van der Waals surface area contributed by atoms with E-state index in [0.717, 1.165) is 30.6 Å². The second-order valence-corrected chi connectivity index (χ2v) is 6.53. The number of fused-ring (bicyclic) bond motifs is 1. The molecule has 0 fully saturated rings. The lowest BCUT2D eigenvalue weighted by Crippen LogP contribution is -2.36. The lowest BCUT2D eigenvalue weighted by molar-refractivity contribution is 0.0972. The molecule has 3 rings (SSSR count). The molecule has 2 aromatic heterocycles. The first-order chi connectivity index (χ1) is 14.0. The number of nitrogens with one attached hydrogen (secondary N) is 2. The fourth-order valence-corrected chi connectivity index (χ4v) is 3.00. The summed E-state index contributed by atoms with van der Waals surface area (Å²) >= 11 is 0. The van der Waals surface area contributed by atoms with Gasteiger partial charge in [0.2, 0.25) is 5.88 Å². The first-order valence-electron chi connectivity index (χ1n) is 9.54. The Morgan fingerprint density at radius 2 is 2.07 bits per heavy atom. The Morgan fingerprint density at radius 1 is 1.28 bits per heavy atom. The number of amides is 1. The summed E-state index contributed by atoms with van der Waals surface area (Å²) < 4.78 is 6.04. The van der Waals surface area contributed by atoms with E-state index < -0.39 is 0 Å². The van der Waals surface area contributed by atoms with Gasteiger partial charge in [0, 0.05) is 31.2 Å². The molecule has 4 N–H and O–H groups in total. The zero-order chi connectivity index (χ0) is 20.8. The van der Waals surface area contributed by atoms with Crippen LogP contribution in [0.5, 0.6) is 11.6 Å².